The molecular weight excluding hydrogens is 258 g/mol. The minimum Gasteiger partial charge on any atom is -0.465 e. The van der Waals surface area contributed by atoms with E-state index >= 15 is 0 Å². The lowest BCUT2D eigenvalue weighted by atomic mass is 10.1. The zero-order chi connectivity index (χ0) is 13.9. The third kappa shape index (κ3) is 2.60. The highest BCUT2D eigenvalue weighted by atomic mass is 16.5. The summed E-state index contributed by atoms with van der Waals surface area (Å²) in [5, 5.41) is 11.0. The van der Waals surface area contributed by atoms with Gasteiger partial charge >= 0.3 is 6.09 Å². The first-order valence-corrected chi connectivity index (χ1v) is 6.78. The van der Waals surface area contributed by atoms with Crippen molar-refractivity contribution in [3.8, 4) is 0 Å². The van der Waals surface area contributed by atoms with E-state index in [9.17, 15) is 4.79 Å². The van der Waals surface area contributed by atoms with Crippen molar-refractivity contribution >= 4 is 17.1 Å². The van der Waals surface area contributed by atoms with Gasteiger partial charge in [0.1, 0.15) is 6.23 Å². The molecule has 20 heavy (non-hydrogen) atoms. The molecule has 2 heterocycles. The molecule has 1 saturated heterocycles. The molecule has 1 aromatic heterocycles. The lowest BCUT2D eigenvalue weighted by molar-refractivity contribution is -0.0295. The molecule has 1 atom stereocenters. The van der Waals surface area contributed by atoms with Gasteiger partial charge in [-0.05, 0) is 37.0 Å². The number of benzene rings is 1. The minimum absolute atomic E-state index is 0.0664. The molecule has 1 fully saturated rings. The number of nitrogens with zero attached hydrogens (tertiary/aromatic N) is 2. The first-order chi connectivity index (χ1) is 9.74. The lowest BCUT2D eigenvalue weighted by Gasteiger charge is -2.24. The van der Waals surface area contributed by atoms with Crippen LogP contribution in [0.3, 0.4) is 0 Å². The first-order valence-electron chi connectivity index (χ1n) is 6.78. The topological polar surface area (TPSA) is 76.4 Å². The number of ether oxygens (including phenoxy) is 1. The quantitative estimate of drug-likeness (QED) is 0.902. The van der Waals surface area contributed by atoms with Crippen LogP contribution in [-0.4, -0.2) is 27.4 Å². The maximum absolute atomic E-state index is 10.5. The number of hydrogen-bond donors (Lipinski definition) is 2. The van der Waals surface area contributed by atoms with Crippen LogP contribution >= 0.6 is 0 Å². The number of imidazole rings is 1. The van der Waals surface area contributed by atoms with E-state index in [-0.39, 0.29) is 12.8 Å². The summed E-state index contributed by atoms with van der Waals surface area (Å²) in [5.41, 5.74) is 2.79. The summed E-state index contributed by atoms with van der Waals surface area (Å²) in [6.45, 7) is 1.09. The number of hydrogen-bond acceptors (Lipinski definition) is 3. The van der Waals surface area contributed by atoms with E-state index in [0.29, 0.717) is 0 Å². The average Bonchev–Trinajstić information content (AvgIpc) is 2.89. The van der Waals surface area contributed by atoms with Gasteiger partial charge in [0.05, 0.1) is 17.4 Å². The Labute approximate surface area is 116 Å². The smallest absolute Gasteiger partial charge is 0.404 e. The SMILES string of the molecule is O=C(O)NCc1ccc2c(c1)ncn2C1CCCCO1. The molecule has 0 saturated carbocycles. The summed E-state index contributed by atoms with van der Waals surface area (Å²) in [6, 6.07) is 5.79. The van der Waals surface area contributed by atoms with Gasteiger partial charge in [-0.1, -0.05) is 6.07 Å². The van der Waals surface area contributed by atoms with Crippen molar-refractivity contribution in [1.82, 2.24) is 14.9 Å². The van der Waals surface area contributed by atoms with Crippen LogP contribution in [0.2, 0.25) is 0 Å². The van der Waals surface area contributed by atoms with Crippen LogP contribution < -0.4 is 5.32 Å². The molecule has 1 amide bonds. The molecular formula is C14H17N3O3. The molecule has 6 heteroatoms. The Bertz CT molecular complexity index is 617. The fourth-order valence-corrected chi connectivity index (χ4v) is 2.54. The van der Waals surface area contributed by atoms with Crippen molar-refractivity contribution < 1.29 is 14.6 Å². The maximum atomic E-state index is 10.5. The molecule has 6 nitrogen and oxygen atoms in total. The van der Waals surface area contributed by atoms with Crippen molar-refractivity contribution in [2.45, 2.75) is 32.0 Å². The second kappa shape index (κ2) is 5.50. The van der Waals surface area contributed by atoms with E-state index < -0.39 is 6.09 Å². The molecule has 3 rings (SSSR count). The highest BCUT2D eigenvalue weighted by molar-refractivity contribution is 5.76. The molecule has 0 aliphatic carbocycles. The van der Waals surface area contributed by atoms with Gasteiger partial charge in [-0.3, -0.25) is 0 Å². The Kier molecular flexibility index (Phi) is 3.56. The van der Waals surface area contributed by atoms with Crippen LogP contribution in [0.1, 0.15) is 31.1 Å². The van der Waals surface area contributed by atoms with E-state index in [4.69, 9.17) is 9.84 Å². The number of fused-ring (bicyclic) bond motifs is 1. The summed E-state index contributed by atoms with van der Waals surface area (Å²) < 4.78 is 7.83. The molecule has 2 aromatic rings. The van der Waals surface area contributed by atoms with Crippen LogP contribution in [0.5, 0.6) is 0 Å². The summed E-state index contributed by atoms with van der Waals surface area (Å²) >= 11 is 0. The third-order valence-electron chi connectivity index (χ3n) is 3.55. The Morgan fingerprint density at radius 2 is 2.40 bits per heavy atom. The van der Waals surface area contributed by atoms with Gasteiger partial charge in [-0.15, -0.1) is 0 Å². The first kappa shape index (κ1) is 12.9. The lowest BCUT2D eigenvalue weighted by Crippen LogP contribution is -2.19. The Morgan fingerprint density at radius 3 is 3.15 bits per heavy atom. The zero-order valence-corrected chi connectivity index (χ0v) is 11.1. The Hall–Kier alpha value is -2.08. The molecule has 1 aromatic carbocycles. The summed E-state index contributed by atoms with van der Waals surface area (Å²) in [5.74, 6) is 0. The van der Waals surface area contributed by atoms with Gasteiger partial charge in [0.25, 0.3) is 0 Å². The van der Waals surface area contributed by atoms with E-state index in [0.717, 1.165) is 36.0 Å². The van der Waals surface area contributed by atoms with E-state index in [1.165, 1.54) is 6.42 Å². The molecule has 1 unspecified atom stereocenters. The summed E-state index contributed by atoms with van der Waals surface area (Å²) in [6.07, 6.45) is 4.14. The van der Waals surface area contributed by atoms with Gasteiger partial charge in [0.2, 0.25) is 0 Å². The van der Waals surface area contributed by atoms with Crippen molar-refractivity contribution in [3.63, 3.8) is 0 Å². The van der Waals surface area contributed by atoms with Gasteiger partial charge in [-0.2, -0.15) is 0 Å². The number of aromatic nitrogens is 2. The Balaban J connectivity index is 1.84. The van der Waals surface area contributed by atoms with Crippen LogP contribution in [0.25, 0.3) is 11.0 Å². The average molecular weight is 275 g/mol. The minimum atomic E-state index is -1.02. The zero-order valence-electron chi connectivity index (χ0n) is 11.1. The van der Waals surface area contributed by atoms with Gasteiger partial charge in [0.15, 0.2) is 0 Å². The van der Waals surface area contributed by atoms with E-state index in [2.05, 4.69) is 14.9 Å². The standard InChI is InChI=1S/C14H17N3O3/c18-14(19)15-8-10-4-5-12-11(7-10)16-9-17(12)13-3-1-2-6-20-13/h4-5,7,9,13,15H,1-3,6,8H2,(H,18,19). The molecule has 0 bridgehead atoms. The molecule has 1 aliphatic rings. The predicted octanol–water partition coefficient (Wildman–Crippen LogP) is 2.50. The highest BCUT2D eigenvalue weighted by Crippen LogP contribution is 2.26. The van der Waals surface area contributed by atoms with Crippen LogP contribution in [0.15, 0.2) is 24.5 Å². The van der Waals surface area contributed by atoms with Crippen molar-refractivity contribution in [3.05, 3.63) is 30.1 Å². The predicted molar refractivity (Wildman–Crippen MR) is 73.4 cm³/mol. The maximum Gasteiger partial charge on any atom is 0.404 e. The molecule has 106 valence electrons. The number of amides is 1. The van der Waals surface area contributed by atoms with Crippen molar-refractivity contribution in [2.75, 3.05) is 6.61 Å². The molecule has 1 aliphatic heterocycles. The van der Waals surface area contributed by atoms with E-state index in [1.807, 2.05) is 18.2 Å². The number of carboxylic acid groups (broad SMARTS) is 1. The van der Waals surface area contributed by atoms with Crippen LogP contribution in [0, 0.1) is 0 Å². The van der Waals surface area contributed by atoms with Gasteiger partial charge in [-0.25, -0.2) is 9.78 Å². The van der Waals surface area contributed by atoms with Crippen molar-refractivity contribution in [2.24, 2.45) is 0 Å². The van der Waals surface area contributed by atoms with Crippen LogP contribution in [0.4, 0.5) is 4.79 Å². The largest absolute Gasteiger partial charge is 0.465 e. The summed E-state index contributed by atoms with van der Waals surface area (Å²) in [4.78, 5) is 14.9. The second-order valence-corrected chi connectivity index (χ2v) is 4.95. The monoisotopic (exact) mass is 275 g/mol. The normalized spacial score (nSPS) is 19.1. The van der Waals surface area contributed by atoms with Crippen molar-refractivity contribution in [1.29, 1.82) is 0 Å². The fraction of sp³-hybridized carbons (Fsp3) is 0.429. The second-order valence-electron chi connectivity index (χ2n) is 4.95. The van der Waals surface area contributed by atoms with Crippen LogP contribution in [-0.2, 0) is 11.3 Å². The highest BCUT2D eigenvalue weighted by Gasteiger charge is 2.17. The summed E-state index contributed by atoms with van der Waals surface area (Å²) in [7, 11) is 0. The fourth-order valence-electron chi connectivity index (χ4n) is 2.54. The Morgan fingerprint density at radius 1 is 1.50 bits per heavy atom. The molecule has 2 N–H and O–H groups in total. The van der Waals surface area contributed by atoms with Gasteiger partial charge < -0.3 is 19.7 Å². The number of rotatable bonds is 3. The third-order valence-corrected chi connectivity index (χ3v) is 3.55. The van der Waals surface area contributed by atoms with Gasteiger partial charge in [0, 0.05) is 13.2 Å². The number of nitrogens with one attached hydrogen (secondary N) is 1. The molecule has 0 radical (unpaired) electrons. The molecule has 0 spiro atoms. The van der Waals surface area contributed by atoms with E-state index in [1.54, 1.807) is 6.33 Å². The number of carbonyl (C=O) groups is 1.